The number of rotatable bonds is 12. The van der Waals surface area contributed by atoms with Gasteiger partial charge < -0.3 is 15.0 Å². The minimum Gasteiger partial charge on any atom is -0.494 e. The summed E-state index contributed by atoms with van der Waals surface area (Å²) >= 11 is 3.44. The fraction of sp³-hybridized carbons (Fsp3) is 0.375. The third kappa shape index (κ3) is 8.13. The number of ether oxygens (including phenoxy) is 1. The lowest BCUT2D eigenvalue weighted by molar-refractivity contribution is -0.139. The molecule has 1 atom stereocenters. The van der Waals surface area contributed by atoms with Gasteiger partial charge in [-0.3, -0.25) is 13.9 Å². The Morgan fingerprint density at radius 1 is 0.952 bits per heavy atom. The van der Waals surface area contributed by atoms with Gasteiger partial charge in [-0.1, -0.05) is 65.5 Å². The summed E-state index contributed by atoms with van der Waals surface area (Å²) in [7, 11) is -4.12. The van der Waals surface area contributed by atoms with Crippen LogP contribution in [-0.4, -0.2) is 50.4 Å². The molecule has 1 fully saturated rings. The van der Waals surface area contributed by atoms with Gasteiger partial charge in [-0.15, -0.1) is 0 Å². The standard InChI is InChI=1S/C32H38BrN3O5S/c1-3-41-29-20-18-28(19-21-29)36(42(39,40)30-12-8-5-9-13-30)23-31(37)35(22-25-14-16-26(33)17-15-25)24(2)32(38)34-27-10-6-4-7-11-27/h5,8-9,12-21,24,27H,3-4,6-7,10-11,22-23H2,1-2H3,(H,34,38)/t24-/m1/s1. The third-order valence-electron chi connectivity index (χ3n) is 7.43. The van der Waals surface area contributed by atoms with E-state index in [0.717, 1.165) is 46.4 Å². The highest BCUT2D eigenvalue weighted by molar-refractivity contribution is 9.10. The normalized spacial score (nSPS) is 14.5. The van der Waals surface area contributed by atoms with Crippen LogP contribution in [0.5, 0.6) is 5.75 Å². The van der Waals surface area contributed by atoms with Crippen molar-refractivity contribution < 1.29 is 22.7 Å². The number of amides is 2. The molecule has 1 aliphatic carbocycles. The Kier molecular flexibility index (Phi) is 11.0. The number of carbonyl (C=O) groups excluding carboxylic acids is 2. The van der Waals surface area contributed by atoms with Gasteiger partial charge in [0, 0.05) is 17.1 Å². The third-order valence-corrected chi connectivity index (χ3v) is 9.75. The molecule has 0 bridgehead atoms. The lowest BCUT2D eigenvalue weighted by atomic mass is 9.95. The summed E-state index contributed by atoms with van der Waals surface area (Å²) in [6, 6.07) is 21.4. The molecule has 224 valence electrons. The number of hydrogen-bond acceptors (Lipinski definition) is 5. The first-order valence-corrected chi connectivity index (χ1v) is 16.6. The first kappa shape index (κ1) is 31.6. The molecule has 2 amide bonds. The van der Waals surface area contributed by atoms with Crippen molar-refractivity contribution in [3.8, 4) is 5.75 Å². The summed E-state index contributed by atoms with van der Waals surface area (Å²) in [6.45, 7) is 3.69. The molecule has 1 saturated carbocycles. The van der Waals surface area contributed by atoms with E-state index >= 15 is 0 Å². The number of sulfonamides is 1. The number of nitrogens with one attached hydrogen (secondary N) is 1. The fourth-order valence-corrected chi connectivity index (χ4v) is 6.76. The average Bonchev–Trinajstić information content (AvgIpc) is 3.00. The monoisotopic (exact) mass is 655 g/mol. The Morgan fingerprint density at radius 3 is 2.21 bits per heavy atom. The first-order chi connectivity index (χ1) is 20.2. The van der Waals surface area contributed by atoms with Crippen molar-refractivity contribution in [2.75, 3.05) is 17.5 Å². The van der Waals surface area contributed by atoms with Gasteiger partial charge >= 0.3 is 0 Å². The van der Waals surface area contributed by atoms with E-state index in [9.17, 15) is 18.0 Å². The van der Waals surface area contributed by atoms with E-state index in [4.69, 9.17) is 4.74 Å². The number of nitrogens with zero attached hydrogens (tertiary/aromatic N) is 2. The van der Waals surface area contributed by atoms with Gasteiger partial charge in [0.1, 0.15) is 18.3 Å². The number of hydrogen-bond donors (Lipinski definition) is 1. The fourth-order valence-electron chi connectivity index (χ4n) is 5.06. The summed E-state index contributed by atoms with van der Waals surface area (Å²) < 4.78 is 35.3. The quantitative estimate of drug-likeness (QED) is 0.262. The summed E-state index contributed by atoms with van der Waals surface area (Å²) in [5.41, 5.74) is 1.14. The number of halogens is 1. The molecule has 0 aliphatic heterocycles. The van der Waals surface area contributed by atoms with E-state index in [1.165, 1.54) is 17.0 Å². The van der Waals surface area contributed by atoms with Crippen molar-refractivity contribution in [3.63, 3.8) is 0 Å². The van der Waals surface area contributed by atoms with Crippen LogP contribution in [-0.2, 0) is 26.2 Å². The molecular weight excluding hydrogens is 618 g/mol. The molecule has 0 heterocycles. The lowest BCUT2D eigenvalue weighted by Gasteiger charge is -2.33. The van der Waals surface area contributed by atoms with E-state index in [0.29, 0.717) is 18.0 Å². The zero-order valence-electron chi connectivity index (χ0n) is 24.0. The second-order valence-corrected chi connectivity index (χ2v) is 13.2. The second kappa shape index (κ2) is 14.7. The molecule has 42 heavy (non-hydrogen) atoms. The van der Waals surface area contributed by atoms with Gasteiger partial charge in [-0.2, -0.15) is 0 Å². The molecule has 3 aromatic rings. The molecule has 1 N–H and O–H groups in total. The summed E-state index contributed by atoms with van der Waals surface area (Å²) in [4.78, 5) is 29.0. The SMILES string of the molecule is CCOc1ccc(N(CC(=O)N(Cc2ccc(Br)cc2)[C@H](C)C(=O)NC2CCCCC2)S(=O)(=O)c2ccccc2)cc1. The van der Waals surface area contributed by atoms with Crippen LogP contribution in [0.15, 0.2) is 88.2 Å². The highest BCUT2D eigenvalue weighted by Gasteiger charge is 2.33. The average molecular weight is 657 g/mol. The summed E-state index contributed by atoms with van der Waals surface area (Å²) in [5.74, 6) is -0.141. The molecular formula is C32H38BrN3O5S. The number of carbonyl (C=O) groups is 2. The molecule has 10 heteroatoms. The van der Waals surface area contributed by atoms with Crippen LogP contribution in [0.3, 0.4) is 0 Å². The summed E-state index contributed by atoms with van der Waals surface area (Å²) in [5, 5.41) is 3.12. The lowest BCUT2D eigenvalue weighted by Crippen LogP contribution is -2.53. The van der Waals surface area contributed by atoms with Gasteiger partial charge in [0.15, 0.2) is 0 Å². The van der Waals surface area contributed by atoms with Crippen molar-refractivity contribution in [3.05, 3.63) is 88.9 Å². The minimum atomic E-state index is -4.12. The van der Waals surface area contributed by atoms with Crippen LogP contribution in [0.25, 0.3) is 0 Å². The highest BCUT2D eigenvalue weighted by atomic mass is 79.9. The molecule has 0 aromatic heterocycles. The number of anilines is 1. The Balaban J connectivity index is 1.66. The maximum absolute atomic E-state index is 14.1. The van der Waals surface area contributed by atoms with E-state index in [-0.39, 0.29) is 23.4 Å². The van der Waals surface area contributed by atoms with Crippen molar-refractivity contribution in [1.29, 1.82) is 0 Å². The summed E-state index contributed by atoms with van der Waals surface area (Å²) in [6.07, 6.45) is 5.12. The molecule has 8 nitrogen and oxygen atoms in total. The van der Waals surface area contributed by atoms with Crippen molar-refractivity contribution in [1.82, 2.24) is 10.2 Å². The minimum absolute atomic E-state index is 0.0641. The molecule has 0 unspecified atom stereocenters. The van der Waals surface area contributed by atoms with Gasteiger partial charge in [0.25, 0.3) is 10.0 Å². The maximum atomic E-state index is 14.1. The molecule has 4 rings (SSSR count). The predicted molar refractivity (Wildman–Crippen MR) is 168 cm³/mol. The van der Waals surface area contributed by atoms with Crippen LogP contribution >= 0.6 is 15.9 Å². The van der Waals surface area contributed by atoms with Crippen molar-refractivity contribution in [2.24, 2.45) is 0 Å². The predicted octanol–water partition coefficient (Wildman–Crippen LogP) is 5.91. The van der Waals surface area contributed by atoms with Crippen LogP contribution in [0, 0.1) is 0 Å². The largest absolute Gasteiger partial charge is 0.494 e. The maximum Gasteiger partial charge on any atom is 0.264 e. The Labute approximate surface area is 257 Å². The van der Waals surface area contributed by atoms with Crippen molar-refractivity contribution >= 4 is 43.5 Å². The zero-order valence-corrected chi connectivity index (χ0v) is 26.4. The molecule has 0 radical (unpaired) electrons. The second-order valence-electron chi connectivity index (χ2n) is 10.4. The molecule has 3 aromatic carbocycles. The van der Waals surface area contributed by atoms with E-state index in [1.54, 1.807) is 49.4 Å². The van der Waals surface area contributed by atoms with Crippen LogP contribution in [0.2, 0.25) is 0 Å². The Hall–Kier alpha value is -3.37. The highest BCUT2D eigenvalue weighted by Crippen LogP contribution is 2.27. The molecule has 1 aliphatic rings. The van der Waals surface area contributed by atoms with Gasteiger partial charge in [0.05, 0.1) is 17.2 Å². The zero-order chi connectivity index (χ0) is 30.1. The van der Waals surface area contributed by atoms with E-state index in [2.05, 4.69) is 21.2 Å². The Morgan fingerprint density at radius 2 is 1.60 bits per heavy atom. The van der Waals surface area contributed by atoms with Crippen LogP contribution in [0.4, 0.5) is 5.69 Å². The Bertz CT molecular complexity index is 1430. The van der Waals surface area contributed by atoms with Gasteiger partial charge in [-0.25, -0.2) is 8.42 Å². The molecule has 0 saturated heterocycles. The van der Waals surface area contributed by atoms with Crippen LogP contribution < -0.4 is 14.4 Å². The smallest absolute Gasteiger partial charge is 0.264 e. The van der Waals surface area contributed by atoms with Crippen molar-refractivity contribution in [2.45, 2.75) is 69.5 Å². The number of benzene rings is 3. The van der Waals surface area contributed by atoms with Crippen LogP contribution in [0.1, 0.15) is 51.5 Å². The van der Waals surface area contributed by atoms with Gasteiger partial charge in [0.2, 0.25) is 11.8 Å². The topological polar surface area (TPSA) is 96.0 Å². The van der Waals surface area contributed by atoms with E-state index < -0.39 is 28.5 Å². The van der Waals surface area contributed by atoms with E-state index in [1.807, 2.05) is 31.2 Å². The molecule has 0 spiro atoms. The van der Waals surface area contributed by atoms with Gasteiger partial charge in [-0.05, 0) is 80.8 Å². The first-order valence-electron chi connectivity index (χ1n) is 14.3.